The third-order valence-electron chi connectivity index (χ3n) is 4.80. The Morgan fingerprint density at radius 2 is 1.53 bits per heavy atom. The normalized spacial score (nSPS) is 12.2. The fraction of sp³-hybridized carbons (Fsp3) is 0.524. The molecule has 0 saturated heterocycles. The Kier molecular flexibility index (Phi) is 11.2. The zero-order valence-electron chi connectivity index (χ0n) is 19.5. The minimum Gasteiger partial charge on any atom is -0.493 e. The fourth-order valence-electron chi connectivity index (χ4n) is 2.91. The number of hydrogen-bond donors (Lipinski definition) is 4. The molecule has 0 aromatic heterocycles. The molecule has 13 heteroatoms. The van der Waals surface area contributed by atoms with Crippen LogP contribution in [0.1, 0.15) is 45.6 Å². The van der Waals surface area contributed by atoms with Gasteiger partial charge < -0.3 is 33.9 Å². The Balaban J connectivity index is 2.64. The number of carbonyl (C=O) groups excluding carboxylic acids is 2. The molecule has 1 aromatic carbocycles. The van der Waals surface area contributed by atoms with E-state index in [2.05, 4.69) is 6.58 Å². The second kappa shape index (κ2) is 12.6. The van der Waals surface area contributed by atoms with Crippen molar-refractivity contribution < 1.29 is 47.8 Å². The molecule has 1 aromatic rings. The van der Waals surface area contributed by atoms with Crippen molar-refractivity contribution in [2.75, 3.05) is 25.8 Å². The van der Waals surface area contributed by atoms with Crippen LogP contribution >= 0.6 is 15.2 Å². The smallest absolute Gasteiger partial charge is 0.344 e. The molecule has 4 N–H and O–H groups in total. The van der Waals surface area contributed by atoms with Crippen molar-refractivity contribution in [1.29, 1.82) is 0 Å². The molecule has 0 aliphatic heterocycles. The summed E-state index contributed by atoms with van der Waals surface area (Å²) in [6.45, 7) is 9.38. The Bertz CT molecular complexity index is 925. The summed E-state index contributed by atoms with van der Waals surface area (Å²) < 4.78 is 33.1. The van der Waals surface area contributed by atoms with Crippen molar-refractivity contribution in [1.82, 2.24) is 4.90 Å². The van der Waals surface area contributed by atoms with Crippen LogP contribution in [0.2, 0.25) is 0 Å². The van der Waals surface area contributed by atoms with Crippen molar-refractivity contribution in [3.63, 3.8) is 0 Å². The first-order valence-corrected chi connectivity index (χ1v) is 14.0. The Labute approximate surface area is 199 Å². The Morgan fingerprint density at radius 3 is 2.00 bits per heavy atom. The maximum absolute atomic E-state index is 12.5. The summed E-state index contributed by atoms with van der Waals surface area (Å²) in [6.07, 6.45) is -1.49. The lowest BCUT2D eigenvalue weighted by Gasteiger charge is -2.28. The summed E-state index contributed by atoms with van der Waals surface area (Å²) in [5.74, 6) is -0.597. The molecule has 34 heavy (non-hydrogen) atoms. The van der Waals surface area contributed by atoms with Crippen LogP contribution in [0.15, 0.2) is 36.4 Å². The van der Waals surface area contributed by atoms with E-state index in [-0.39, 0.29) is 19.4 Å². The van der Waals surface area contributed by atoms with Gasteiger partial charge in [0.05, 0.1) is 13.2 Å². The van der Waals surface area contributed by atoms with E-state index in [4.69, 9.17) is 29.0 Å². The van der Waals surface area contributed by atoms with Gasteiger partial charge in [-0.2, -0.15) is 0 Å². The maximum Gasteiger partial charge on any atom is 0.344 e. The van der Waals surface area contributed by atoms with Crippen molar-refractivity contribution in [3.05, 3.63) is 42.0 Å². The number of ether oxygens (including phenoxy) is 2. The maximum atomic E-state index is 12.5. The second-order valence-corrected chi connectivity index (χ2v) is 11.8. The molecular formula is C21H33NO10P2. The van der Waals surface area contributed by atoms with Gasteiger partial charge in [-0.25, -0.2) is 4.79 Å². The lowest BCUT2D eigenvalue weighted by atomic mass is 9.80. The van der Waals surface area contributed by atoms with E-state index in [1.807, 2.05) is 26.0 Å². The van der Waals surface area contributed by atoms with Crippen LogP contribution in [-0.2, 0) is 28.9 Å². The molecule has 0 atom stereocenters. The molecule has 0 aliphatic carbocycles. The van der Waals surface area contributed by atoms with E-state index < -0.39 is 45.1 Å². The van der Waals surface area contributed by atoms with E-state index in [0.29, 0.717) is 29.3 Å². The van der Waals surface area contributed by atoms with Gasteiger partial charge in [0.25, 0.3) is 0 Å². The average molecular weight is 521 g/mol. The third kappa shape index (κ3) is 11.9. The molecule has 0 bridgehead atoms. The van der Waals surface area contributed by atoms with E-state index in [1.54, 1.807) is 19.1 Å². The molecule has 0 aliphatic rings. The number of amides is 1. The number of carbonyl (C=O) groups is 2. The number of nitrogens with zero attached hydrogens (tertiary/aromatic N) is 1. The molecule has 0 saturated carbocycles. The lowest BCUT2D eigenvalue weighted by Crippen LogP contribution is -2.34. The molecule has 0 heterocycles. The zero-order chi connectivity index (χ0) is 26.2. The van der Waals surface area contributed by atoms with Gasteiger partial charge >= 0.3 is 21.2 Å². The van der Waals surface area contributed by atoms with Crippen molar-refractivity contribution in [2.45, 2.75) is 45.4 Å². The van der Waals surface area contributed by atoms with Crippen molar-refractivity contribution in [3.8, 4) is 5.75 Å². The monoisotopic (exact) mass is 521 g/mol. The van der Waals surface area contributed by atoms with Gasteiger partial charge in [0, 0.05) is 18.4 Å². The number of hydrogen-bond acceptors (Lipinski definition) is 6. The molecule has 11 nitrogen and oxygen atoms in total. The van der Waals surface area contributed by atoms with Gasteiger partial charge in [-0.1, -0.05) is 32.6 Å². The first kappa shape index (κ1) is 30.0. The topological polar surface area (TPSA) is 171 Å². The first-order valence-electron chi connectivity index (χ1n) is 10.4. The van der Waals surface area contributed by atoms with Crippen LogP contribution in [-0.4, -0.2) is 62.1 Å². The Hall–Kier alpha value is -2.00. The highest BCUT2D eigenvalue weighted by atomic mass is 31.2. The molecule has 1 rings (SSSR count). The van der Waals surface area contributed by atoms with E-state index in [9.17, 15) is 18.7 Å². The summed E-state index contributed by atoms with van der Waals surface area (Å²) in [5, 5.41) is 0. The zero-order valence-corrected chi connectivity index (χ0v) is 21.3. The number of esters is 1. The molecule has 0 radical (unpaired) electrons. The van der Waals surface area contributed by atoms with E-state index >= 15 is 0 Å². The summed E-state index contributed by atoms with van der Waals surface area (Å²) in [7, 11) is -9.39. The van der Waals surface area contributed by atoms with Gasteiger partial charge in [-0.15, -0.1) is 0 Å². The predicted molar refractivity (Wildman–Crippen MR) is 125 cm³/mol. The quantitative estimate of drug-likeness (QED) is 0.123. The lowest BCUT2D eigenvalue weighted by molar-refractivity contribution is -0.139. The van der Waals surface area contributed by atoms with Gasteiger partial charge in [0.2, 0.25) is 5.91 Å². The molecule has 0 spiro atoms. The van der Waals surface area contributed by atoms with Gasteiger partial charge in [0.15, 0.2) is 0 Å². The van der Waals surface area contributed by atoms with Crippen LogP contribution in [0, 0.1) is 0 Å². The number of rotatable bonds is 14. The minimum atomic E-state index is -4.69. The minimum absolute atomic E-state index is 0.159. The van der Waals surface area contributed by atoms with Gasteiger partial charge in [-0.05, 0) is 36.5 Å². The van der Waals surface area contributed by atoms with Crippen LogP contribution in [0.3, 0.4) is 0 Å². The number of benzene rings is 1. The van der Waals surface area contributed by atoms with Crippen LogP contribution < -0.4 is 4.74 Å². The Morgan fingerprint density at radius 1 is 1.00 bits per heavy atom. The summed E-state index contributed by atoms with van der Waals surface area (Å²) >= 11 is 0. The van der Waals surface area contributed by atoms with Crippen molar-refractivity contribution >= 4 is 27.1 Å². The average Bonchev–Trinajstić information content (AvgIpc) is 2.69. The predicted octanol–water partition coefficient (Wildman–Crippen LogP) is 2.73. The highest BCUT2D eigenvalue weighted by Gasteiger charge is 2.31. The van der Waals surface area contributed by atoms with E-state index in [1.165, 1.54) is 0 Å². The molecule has 0 unspecified atom stereocenters. The van der Waals surface area contributed by atoms with Gasteiger partial charge in [-0.3, -0.25) is 13.9 Å². The van der Waals surface area contributed by atoms with Crippen LogP contribution in [0.4, 0.5) is 0 Å². The fourth-order valence-corrected chi connectivity index (χ4v) is 4.47. The molecule has 0 fully saturated rings. The summed E-state index contributed by atoms with van der Waals surface area (Å²) in [6, 6.07) is 7.16. The molecule has 192 valence electrons. The van der Waals surface area contributed by atoms with Crippen molar-refractivity contribution in [2.24, 2.45) is 0 Å². The standard InChI is InChI=1S/C21H33NO10P2/c1-16(2)20(24)32-13-5-12-31-18-8-6-17(7-9-18)21(3,4)11-10-19(23)22(14-33(25,26)27)15-34(28,29)30/h6-9H,1,5,10-15H2,2-4H3,(H2,25,26,27)(H2,28,29,30). The SMILES string of the molecule is C=C(C)C(=O)OCCCOc1ccc(C(C)(C)CCC(=O)N(CP(=O)(O)O)CP(=O)(O)O)cc1. The van der Waals surface area contributed by atoms with Crippen LogP contribution in [0.5, 0.6) is 5.75 Å². The highest BCUT2D eigenvalue weighted by Crippen LogP contribution is 2.41. The summed E-state index contributed by atoms with van der Waals surface area (Å²) in [4.78, 5) is 60.8. The second-order valence-electron chi connectivity index (χ2n) is 8.57. The third-order valence-corrected chi connectivity index (χ3v) is 6.22. The summed E-state index contributed by atoms with van der Waals surface area (Å²) in [5.41, 5.74) is 0.692. The van der Waals surface area contributed by atoms with E-state index in [0.717, 1.165) is 5.56 Å². The molecule has 1 amide bonds. The van der Waals surface area contributed by atoms with Crippen LogP contribution in [0.25, 0.3) is 0 Å². The molecular weight excluding hydrogens is 488 g/mol. The largest absolute Gasteiger partial charge is 0.493 e. The van der Waals surface area contributed by atoms with Gasteiger partial charge in [0.1, 0.15) is 18.3 Å². The highest BCUT2D eigenvalue weighted by molar-refractivity contribution is 7.52. The first-order chi connectivity index (χ1) is 15.5.